The van der Waals surface area contributed by atoms with Crippen LogP contribution in [0.1, 0.15) is 69.2 Å². The maximum atomic E-state index is 13.8. The summed E-state index contributed by atoms with van der Waals surface area (Å²) in [5.74, 6) is 1.45. The molecule has 1 N–H and O–H groups in total. The van der Waals surface area contributed by atoms with E-state index in [0.717, 1.165) is 46.5 Å². The highest BCUT2D eigenvalue weighted by atomic mass is 16.5. The number of benzene rings is 4. The average Bonchev–Trinajstić information content (AvgIpc) is 3.76. The van der Waals surface area contributed by atoms with Crippen molar-refractivity contribution in [3.8, 4) is 17.2 Å². The highest BCUT2D eigenvalue weighted by Gasteiger charge is 2.35. The molecular formula is C44H43N5O5. The van der Waals surface area contributed by atoms with Crippen molar-refractivity contribution in [3.05, 3.63) is 119 Å². The molecule has 4 aromatic rings. The van der Waals surface area contributed by atoms with Gasteiger partial charge in [-0.2, -0.15) is 0 Å². The fourth-order valence-corrected chi connectivity index (χ4v) is 7.35. The molecule has 8 rings (SSSR count). The van der Waals surface area contributed by atoms with E-state index in [0.29, 0.717) is 65.8 Å². The number of aliphatic imine (C=N–C) groups is 2. The highest BCUT2D eigenvalue weighted by molar-refractivity contribution is 6.06. The second-order valence-electron chi connectivity index (χ2n) is 14.0. The number of rotatable bonds is 11. The Morgan fingerprint density at radius 3 is 1.81 bits per heavy atom. The molecule has 2 atom stereocenters. The first kappa shape index (κ1) is 34.9. The van der Waals surface area contributed by atoms with Gasteiger partial charge in [0.25, 0.3) is 11.8 Å². The molecule has 54 heavy (non-hydrogen) atoms. The standard InChI is InChI=1S/C44H43N5O5/c1-5-45-33-13-11-30(12-14-33)32-19-35-24-47-39-22-42(41(52-4)20-37(39)44(51)49(35)26-32)54-16-6-15-53-40-21-38-36(17-28(40)3)43(50)48-25-31(18-34(48)23-46-38)29-9-7-27(2)8-10-29/h7-14,17,20-26,34-35,45H,5-6,15-16,18-19H2,1-4H3/t34-,35-/m0/s1. The number of aryl methyl sites for hydroxylation is 2. The lowest BCUT2D eigenvalue weighted by molar-refractivity contribution is 0.0809. The Bertz CT molecular complexity index is 2240. The normalized spacial score (nSPS) is 18.2. The molecule has 10 heteroatoms. The predicted molar refractivity (Wildman–Crippen MR) is 213 cm³/mol. The first-order chi connectivity index (χ1) is 26.3. The van der Waals surface area contributed by atoms with Crippen LogP contribution in [0.2, 0.25) is 0 Å². The molecule has 0 saturated carbocycles. The zero-order chi connectivity index (χ0) is 37.3. The molecule has 0 bridgehead atoms. The maximum absolute atomic E-state index is 13.8. The number of amides is 2. The highest BCUT2D eigenvalue weighted by Crippen LogP contribution is 2.41. The third-order valence-corrected chi connectivity index (χ3v) is 10.3. The fraction of sp³-hybridized carbons (Fsp3) is 0.273. The number of hydrogen-bond donors (Lipinski definition) is 1. The van der Waals surface area contributed by atoms with Gasteiger partial charge in [-0.15, -0.1) is 0 Å². The van der Waals surface area contributed by atoms with Crippen molar-refractivity contribution in [1.29, 1.82) is 0 Å². The van der Waals surface area contributed by atoms with Crippen molar-refractivity contribution in [1.82, 2.24) is 9.80 Å². The monoisotopic (exact) mass is 721 g/mol. The van der Waals surface area contributed by atoms with Crippen molar-refractivity contribution in [2.24, 2.45) is 9.98 Å². The van der Waals surface area contributed by atoms with Crippen LogP contribution in [0.15, 0.2) is 95.2 Å². The molecule has 0 unspecified atom stereocenters. The molecule has 2 amide bonds. The Kier molecular flexibility index (Phi) is 9.50. The Morgan fingerprint density at radius 1 is 0.704 bits per heavy atom. The molecule has 0 radical (unpaired) electrons. The van der Waals surface area contributed by atoms with Gasteiger partial charge in [0, 0.05) is 68.5 Å². The van der Waals surface area contributed by atoms with Crippen LogP contribution in [0.3, 0.4) is 0 Å². The van der Waals surface area contributed by atoms with Crippen LogP contribution in [0, 0.1) is 13.8 Å². The molecule has 274 valence electrons. The van der Waals surface area contributed by atoms with Gasteiger partial charge in [-0.1, -0.05) is 42.0 Å². The number of nitrogens with zero attached hydrogens (tertiary/aromatic N) is 4. The predicted octanol–water partition coefficient (Wildman–Crippen LogP) is 8.53. The van der Waals surface area contributed by atoms with E-state index in [9.17, 15) is 9.59 Å². The summed E-state index contributed by atoms with van der Waals surface area (Å²) in [6, 6.07) is 23.6. The second kappa shape index (κ2) is 14.7. The summed E-state index contributed by atoms with van der Waals surface area (Å²) in [6.07, 6.45) is 9.59. The number of anilines is 1. The van der Waals surface area contributed by atoms with Crippen molar-refractivity contribution < 1.29 is 23.8 Å². The lowest BCUT2D eigenvalue weighted by Gasteiger charge is -2.19. The van der Waals surface area contributed by atoms with E-state index in [1.165, 1.54) is 5.56 Å². The van der Waals surface area contributed by atoms with E-state index in [1.807, 2.05) is 43.9 Å². The van der Waals surface area contributed by atoms with Crippen LogP contribution >= 0.6 is 0 Å². The zero-order valence-corrected chi connectivity index (χ0v) is 31.0. The number of nitrogens with one attached hydrogen (secondary N) is 1. The van der Waals surface area contributed by atoms with Gasteiger partial charge in [0.1, 0.15) is 5.75 Å². The Balaban J connectivity index is 0.892. The number of methoxy groups -OCH3 is 1. The summed E-state index contributed by atoms with van der Waals surface area (Å²) in [4.78, 5) is 40.5. The Hall–Kier alpha value is -6.16. The van der Waals surface area contributed by atoms with Gasteiger partial charge in [0.05, 0.1) is 54.9 Å². The van der Waals surface area contributed by atoms with E-state index in [2.05, 4.69) is 67.7 Å². The van der Waals surface area contributed by atoms with Crippen LogP contribution in [-0.4, -0.2) is 73.0 Å². The van der Waals surface area contributed by atoms with Gasteiger partial charge in [-0.05, 0) is 72.9 Å². The Morgan fingerprint density at radius 2 is 1.24 bits per heavy atom. The Labute approximate surface area is 315 Å². The minimum atomic E-state index is -0.174. The van der Waals surface area contributed by atoms with Crippen molar-refractivity contribution in [2.75, 3.05) is 32.2 Å². The average molecular weight is 722 g/mol. The fourth-order valence-electron chi connectivity index (χ4n) is 7.35. The molecule has 4 aliphatic heterocycles. The summed E-state index contributed by atoms with van der Waals surface area (Å²) in [5.41, 5.74) is 9.73. The zero-order valence-electron chi connectivity index (χ0n) is 31.0. The molecule has 0 saturated heterocycles. The first-order valence-corrected chi connectivity index (χ1v) is 18.5. The van der Waals surface area contributed by atoms with Gasteiger partial charge in [0.2, 0.25) is 0 Å². The van der Waals surface area contributed by atoms with E-state index in [4.69, 9.17) is 24.2 Å². The van der Waals surface area contributed by atoms with E-state index >= 15 is 0 Å². The summed E-state index contributed by atoms with van der Waals surface area (Å²) < 4.78 is 18.0. The number of ether oxygens (including phenoxy) is 3. The number of fused-ring (bicyclic) bond motifs is 4. The quantitative estimate of drug-likeness (QED) is 0.156. The summed E-state index contributed by atoms with van der Waals surface area (Å²) in [6.45, 7) is 7.68. The second-order valence-corrected chi connectivity index (χ2v) is 14.0. The minimum Gasteiger partial charge on any atom is -0.493 e. The van der Waals surface area contributed by atoms with Crippen LogP contribution in [0.5, 0.6) is 17.2 Å². The molecular weight excluding hydrogens is 679 g/mol. The molecule has 4 aliphatic rings. The largest absolute Gasteiger partial charge is 0.493 e. The third-order valence-electron chi connectivity index (χ3n) is 10.3. The molecule has 0 aliphatic carbocycles. The van der Waals surface area contributed by atoms with Gasteiger partial charge in [-0.25, -0.2) is 0 Å². The van der Waals surface area contributed by atoms with Crippen LogP contribution < -0.4 is 19.5 Å². The SMILES string of the molecule is CCNc1ccc(C2=CN3C(=O)c4cc(OC)c(OCCCOc5cc6c(cc5C)C(=O)N5C=C(c7ccc(C)cc7)C[C@H]5C=N6)cc4N=C[C@@H]3C2)cc1. The van der Waals surface area contributed by atoms with Gasteiger partial charge >= 0.3 is 0 Å². The first-order valence-electron chi connectivity index (χ1n) is 18.5. The van der Waals surface area contributed by atoms with Crippen LogP contribution in [-0.2, 0) is 0 Å². The van der Waals surface area contributed by atoms with Crippen molar-refractivity contribution >= 4 is 52.5 Å². The minimum absolute atomic E-state index is 0.0639. The van der Waals surface area contributed by atoms with Crippen LogP contribution in [0.4, 0.5) is 17.1 Å². The molecule has 0 spiro atoms. The summed E-state index contributed by atoms with van der Waals surface area (Å²) >= 11 is 0. The summed E-state index contributed by atoms with van der Waals surface area (Å²) in [5, 5.41) is 3.32. The van der Waals surface area contributed by atoms with Crippen molar-refractivity contribution in [2.45, 2.75) is 52.1 Å². The maximum Gasteiger partial charge on any atom is 0.260 e. The van der Waals surface area contributed by atoms with E-state index in [-0.39, 0.29) is 23.9 Å². The third kappa shape index (κ3) is 6.75. The molecule has 4 aromatic carbocycles. The number of hydrogen-bond acceptors (Lipinski definition) is 8. The van der Waals surface area contributed by atoms with Crippen molar-refractivity contribution in [3.63, 3.8) is 0 Å². The molecule has 0 aromatic heterocycles. The molecule has 0 fully saturated rings. The lowest BCUT2D eigenvalue weighted by atomic mass is 10.0. The lowest BCUT2D eigenvalue weighted by Crippen LogP contribution is -2.32. The van der Waals surface area contributed by atoms with E-state index < -0.39 is 0 Å². The summed E-state index contributed by atoms with van der Waals surface area (Å²) in [7, 11) is 1.56. The van der Waals surface area contributed by atoms with Gasteiger partial charge in [0.15, 0.2) is 11.5 Å². The smallest absolute Gasteiger partial charge is 0.260 e. The van der Waals surface area contributed by atoms with Gasteiger partial charge < -0.3 is 29.3 Å². The number of carbonyl (C=O) groups excluding carboxylic acids is 2. The van der Waals surface area contributed by atoms with Crippen LogP contribution in [0.25, 0.3) is 11.1 Å². The topological polar surface area (TPSA) is 105 Å². The molecule has 10 nitrogen and oxygen atoms in total. The number of carbonyl (C=O) groups is 2. The molecule has 4 heterocycles. The van der Waals surface area contributed by atoms with Gasteiger partial charge in [-0.3, -0.25) is 19.6 Å². The van der Waals surface area contributed by atoms with E-state index in [1.54, 1.807) is 29.0 Å².